The summed E-state index contributed by atoms with van der Waals surface area (Å²) in [5.41, 5.74) is 0.819. The van der Waals surface area contributed by atoms with Gasteiger partial charge in [-0.2, -0.15) is 0 Å². The zero-order valence-corrected chi connectivity index (χ0v) is 11.3. The molecule has 1 saturated carbocycles. The number of rotatable bonds is 5. The number of hydrogen-bond acceptors (Lipinski definition) is 2. The van der Waals surface area contributed by atoms with Gasteiger partial charge in [0.2, 0.25) is 0 Å². The van der Waals surface area contributed by atoms with Gasteiger partial charge in [0, 0.05) is 12.1 Å². The Kier molecular flexibility index (Phi) is 4.31. The lowest BCUT2D eigenvalue weighted by Crippen LogP contribution is -2.35. The monoisotopic (exact) mass is 273 g/mol. The van der Waals surface area contributed by atoms with Crippen molar-refractivity contribution in [3.8, 4) is 0 Å². The first-order valence-electron chi connectivity index (χ1n) is 6.01. The SMILES string of the molecule is CCC(NC1CC1)C(O)c1ccc(Cl)c(Cl)c1. The first-order chi connectivity index (χ1) is 8.11. The van der Waals surface area contributed by atoms with E-state index in [1.54, 1.807) is 12.1 Å². The molecular weight excluding hydrogens is 257 g/mol. The molecule has 0 radical (unpaired) electrons. The highest BCUT2D eigenvalue weighted by Crippen LogP contribution is 2.29. The van der Waals surface area contributed by atoms with Crippen LogP contribution in [0.3, 0.4) is 0 Å². The van der Waals surface area contributed by atoms with E-state index in [0.717, 1.165) is 12.0 Å². The van der Waals surface area contributed by atoms with E-state index in [1.165, 1.54) is 12.8 Å². The zero-order chi connectivity index (χ0) is 12.4. The van der Waals surface area contributed by atoms with Crippen LogP contribution in [0.4, 0.5) is 0 Å². The smallest absolute Gasteiger partial charge is 0.0943 e. The maximum absolute atomic E-state index is 10.3. The van der Waals surface area contributed by atoms with Crippen molar-refractivity contribution in [2.75, 3.05) is 0 Å². The summed E-state index contributed by atoms with van der Waals surface area (Å²) in [6.45, 7) is 2.07. The van der Waals surface area contributed by atoms with Gasteiger partial charge in [0.05, 0.1) is 16.1 Å². The predicted octanol–water partition coefficient (Wildman–Crippen LogP) is 3.56. The second-order valence-corrected chi connectivity index (χ2v) is 5.39. The van der Waals surface area contributed by atoms with Crippen molar-refractivity contribution in [3.05, 3.63) is 33.8 Å². The number of benzene rings is 1. The average molecular weight is 274 g/mol. The fraction of sp³-hybridized carbons (Fsp3) is 0.538. The standard InChI is InChI=1S/C13H17Cl2NO/c1-2-12(16-9-4-5-9)13(17)8-3-6-10(14)11(15)7-8/h3,6-7,9,12-13,16-17H,2,4-5H2,1H3. The fourth-order valence-corrected chi connectivity index (χ4v) is 2.22. The van der Waals surface area contributed by atoms with E-state index >= 15 is 0 Å². The molecule has 2 atom stereocenters. The first kappa shape index (κ1) is 13.2. The maximum Gasteiger partial charge on any atom is 0.0943 e. The molecule has 1 aliphatic rings. The minimum absolute atomic E-state index is 0.0831. The Bertz CT molecular complexity index is 393. The summed E-state index contributed by atoms with van der Waals surface area (Å²) in [6.07, 6.45) is 2.78. The molecule has 0 aliphatic heterocycles. The van der Waals surface area contributed by atoms with Crippen LogP contribution in [0.1, 0.15) is 37.9 Å². The molecule has 0 saturated heterocycles. The lowest BCUT2D eigenvalue weighted by Gasteiger charge is -2.23. The normalized spacial score (nSPS) is 19.1. The molecule has 1 fully saturated rings. The molecule has 1 aromatic rings. The van der Waals surface area contributed by atoms with Gasteiger partial charge >= 0.3 is 0 Å². The lowest BCUT2D eigenvalue weighted by molar-refractivity contribution is 0.125. The van der Waals surface area contributed by atoms with Gasteiger partial charge in [-0.25, -0.2) is 0 Å². The Morgan fingerprint density at radius 3 is 2.59 bits per heavy atom. The van der Waals surface area contributed by atoms with Crippen LogP contribution < -0.4 is 5.32 Å². The third-order valence-electron chi connectivity index (χ3n) is 3.13. The second kappa shape index (κ2) is 5.57. The number of aliphatic hydroxyl groups excluding tert-OH is 1. The number of nitrogens with one attached hydrogen (secondary N) is 1. The molecule has 2 nitrogen and oxygen atoms in total. The Morgan fingerprint density at radius 2 is 2.06 bits per heavy atom. The van der Waals surface area contributed by atoms with Crippen LogP contribution in [-0.4, -0.2) is 17.2 Å². The Balaban J connectivity index is 2.09. The number of halogens is 2. The van der Waals surface area contributed by atoms with E-state index in [2.05, 4.69) is 12.2 Å². The van der Waals surface area contributed by atoms with E-state index in [0.29, 0.717) is 16.1 Å². The summed E-state index contributed by atoms with van der Waals surface area (Å²) < 4.78 is 0. The summed E-state index contributed by atoms with van der Waals surface area (Å²) >= 11 is 11.8. The van der Waals surface area contributed by atoms with Gasteiger partial charge in [0.1, 0.15) is 0 Å². The molecule has 0 aromatic heterocycles. The van der Waals surface area contributed by atoms with Crippen molar-refractivity contribution in [2.45, 2.75) is 44.4 Å². The van der Waals surface area contributed by atoms with Gasteiger partial charge in [-0.3, -0.25) is 0 Å². The molecule has 0 amide bonds. The lowest BCUT2D eigenvalue weighted by atomic mass is 10.0. The number of aliphatic hydroxyl groups is 1. The topological polar surface area (TPSA) is 32.3 Å². The average Bonchev–Trinajstić information content (AvgIpc) is 3.12. The van der Waals surface area contributed by atoms with E-state index < -0.39 is 6.10 Å². The highest BCUT2D eigenvalue weighted by molar-refractivity contribution is 6.42. The van der Waals surface area contributed by atoms with Crippen LogP contribution in [0.25, 0.3) is 0 Å². The highest BCUT2D eigenvalue weighted by atomic mass is 35.5. The minimum atomic E-state index is -0.532. The molecule has 17 heavy (non-hydrogen) atoms. The summed E-state index contributed by atoms with van der Waals surface area (Å²) in [7, 11) is 0. The zero-order valence-electron chi connectivity index (χ0n) is 9.79. The third kappa shape index (κ3) is 3.35. The van der Waals surface area contributed by atoms with Crippen LogP contribution >= 0.6 is 23.2 Å². The van der Waals surface area contributed by atoms with Crippen LogP contribution in [0.5, 0.6) is 0 Å². The minimum Gasteiger partial charge on any atom is -0.387 e. The van der Waals surface area contributed by atoms with E-state index in [1.807, 2.05) is 6.07 Å². The van der Waals surface area contributed by atoms with Crippen molar-refractivity contribution < 1.29 is 5.11 Å². The van der Waals surface area contributed by atoms with Crippen LogP contribution in [-0.2, 0) is 0 Å². The molecule has 2 rings (SSSR count). The molecule has 1 aliphatic carbocycles. The van der Waals surface area contributed by atoms with Crippen molar-refractivity contribution >= 4 is 23.2 Å². The molecule has 0 spiro atoms. The van der Waals surface area contributed by atoms with Crippen molar-refractivity contribution in [1.82, 2.24) is 5.32 Å². The van der Waals surface area contributed by atoms with Crippen molar-refractivity contribution in [3.63, 3.8) is 0 Å². The fourth-order valence-electron chi connectivity index (χ4n) is 1.91. The van der Waals surface area contributed by atoms with Gasteiger partial charge in [-0.1, -0.05) is 36.2 Å². The second-order valence-electron chi connectivity index (χ2n) is 4.57. The number of hydrogen-bond donors (Lipinski definition) is 2. The Hall–Kier alpha value is -0.280. The summed E-state index contributed by atoms with van der Waals surface area (Å²) in [5, 5.41) is 14.8. The molecule has 0 bridgehead atoms. The van der Waals surface area contributed by atoms with Gasteiger partial charge < -0.3 is 10.4 Å². The molecular formula is C13H17Cl2NO. The highest BCUT2D eigenvalue weighted by Gasteiger charge is 2.28. The van der Waals surface area contributed by atoms with Gasteiger partial charge in [-0.15, -0.1) is 0 Å². The van der Waals surface area contributed by atoms with Crippen molar-refractivity contribution in [1.29, 1.82) is 0 Å². The Labute approximate surface area is 112 Å². The largest absolute Gasteiger partial charge is 0.387 e. The van der Waals surface area contributed by atoms with Crippen LogP contribution in [0.15, 0.2) is 18.2 Å². The molecule has 1 aromatic carbocycles. The molecule has 94 valence electrons. The van der Waals surface area contributed by atoms with E-state index in [9.17, 15) is 5.11 Å². The molecule has 0 heterocycles. The van der Waals surface area contributed by atoms with Gasteiger partial charge in [-0.05, 0) is 37.0 Å². The summed E-state index contributed by atoms with van der Waals surface area (Å²) in [4.78, 5) is 0. The van der Waals surface area contributed by atoms with Crippen LogP contribution in [0.2, 0.25) is 10.0 Å². The summed E-state index contributed by atoms with van der Waals surface area (Å²) in [6, 6.07) is 5.96. The van der Waals surface area contributed by atoms with Crippen LogP contribution in [0, 0.1) is 0 Å². The molecule has 2 unspecified atom stereocenters. The van der Waals surface area contributed by atoms with Crippen molar-refractivity contribution in [2.24, 2.45) is 0 Å². The van der Waals surface area contributed by atoms with Gasteiger partial charge in [0.15, 0.2) is 0 Å². The molecule has 4 heteroatoms. The summed E-state index contributed by atoms with van der Waals surface area (Å²) in [5.74, 6) is 0. The molecule has 2 N–H and O–H groups in total. The quantitative estimate of drug-likeness (QED) is 0.860. The van der Waals surface area contributed by atoms with E-state index in [4.69, 9.17) is 23.2 Å². The van der Waals surface area contributed by atoms with Gasteiger partial charge in [0.25, 0.3) is 0 Å². The first-order valence-corrected chi connectivity index (χ1v) is 6.76. The maximum atomic E-state index is 10.3. The predicted molar refractivity (Wildman–Crippen MR) is 71.7 cm³/mol. The Morgan fingerprint density at radius 1 is 1.35 bits per heavy atom. The van der Waals surface area contributed by atoms with E-state index in [-0.39, 0.29) is 6.04 Å². The third-order valence-corrected chi connectivity index (χ3v) is 3.87.